The molecule has 0 spiro atoms. The lowest BCUT2D eigenvalue weighted by molar-refractivity contribution is -0.295. The van der Waals surface area contributed by atoms with Crippen molar-refractivity contribution in [1.29, 1.82) is 0 Å². The topological polar surface area (TPSA) is 100 Å². The Morgan fingerprint density at radius 1 is 1.27 bits per heavy atom. The van der Waals surface area contributed by atoms with Crippen LogP contribution in [0.15, 0.2) is 23.0 Å². The molecule has 2 aliphatic carbocycles. The summed E-state index contributed by atoms with van der Waals surface area (Å²) in [4.78, 5) is 12.6. The first-order chi connectivity index (χ1) is 12.2. The van der Waals surface area contributed by atoms with Crippen molar-refractivity contribution in [3.05, 3.63) is 24.2 Å². The number of carbonyl (C=O) groups excluding carboxylic acids is 1. The molecule has 2 heterocycles. The van der Waals surface area contributed by atoms with Crippen LogP contribution in [0.5, 0.6) is 0 Å². The molecule has 3 fully saturated rings. The molecule has 6 atom stereocenters. The fourth-order valence-corrected chi connectivity index (χ4v) is 6.36. The Kier molecular flexibility index (Phi) is 3.86. The smallest absolute Gasteiger partial charge is 0.312 e. The van der Waals surface area contributed by atoms with E-state index in [0.717, 1.165) is 18.4 Å². The third kappa shape index (κ3) is 2.06. The van der Waals surface area contributed by atoms with Crippen molar-refractivity contribution < 1.29 is 29.3 Å². The van der Waals surface area contributed by atoms with E-state index < -0.39 is 34.7 Å². The highest BCUT2D eigenvalue weighted by molar-refractivity contribution is 5.80. The molecule has 0 radical (unpaired) electrons. The van der Waals surface area contributed by atoms with Gasteiger partial charge in [0.2, 0.25) is 0 Å². The summed E-state index contributed by atoms with van der Waals surface area (Å²) in [7, 11) is 0. The van der Waals surface area contributed by atoms with E-state index in [1.807, 2.05) is 19.9 Å². The van der Waals surface area contributed by atoms with Crippen LogP contribution in [-0.4, -0.2) is 45.2 Å². The van der Waals surface area contributed by atoms with Crippen molar-refractivity contribution in [2.24, 2.45) is 16.7 Å². The Balaban J connectivity index is 1.78. The van der Waals surface area contributed by atoms with Crippen LogP contribution in [0, 0.1) is 16.7 Å². The quantitative estimate of drug-likeness (QED) is 0.705. The molecule has 1 aromatic heterocycles. The lowest BCUT2D eigenvalue weighted by Gasteiger charge is -2.64. The predicted octanol–water partition coefficient (Wildman–Crippen LogP) is 1.81. The van der Waals surface area contributed by atoms with Crippen molar-refractivity contribution in [2.45, 2.75) is 69.7 Å². The maximum atomic E-state index is 12.6. The molecule has 3 aliphatic rings. The van der Waals surface area contributed by atoms with E-state index in [1.165, 1.54) is 0 Å². The highest BCUT2D eigenvalue weighted by Gasteiger charge is 2.75. The Hall–Kier alpha value is -1.37. The highest BCUT2D eigenvalue weighted by atomic mass is 16.6. The Morgan fingerprint density at radius 2 is 2.04 bits per heavy atom. The van der Waals surface area contributed by atoms with E-state index in [2.05, 4.69) is 0 Å². The van der Waals surface area contributed by atoms with Gasteiger partial charge in [-0.15, -0.1) is 0 Å². The van der Waals surface area contributed by atoms with Crippen LogP contribution in [0.1, 0.15) is 51.5 Å². The second kappa shape index (κ2) is 5.57. The number of hydrogen-bond acceptors (Lipinski definition) is 6. The number of ether oxygens (including phenoxy) is 1. The molecular weight excluding hydrogens is 336 g/mol. The van der Waals surface area contributed by atoms with Crippen LogP contribution in [-0.2, 0) is 16.0 Å². The third-order valence-corrected chi connectivity index (χ3v) is 7.73. The second-order valence-corrected chi connectivity index (χ2v) is 9.00. The summed E-state index contributed by atoms with van der Waals surface area (Å²) < 4.78 is 10.8. The third-order valence-electron chi connectivity index (χ3n) is 7.73. The van der Waals surface area contributed by atoms with E-state index in [9.17, 15) is 20.1 Å². The Bertz CT molecular complexity index is 701. The van der Waals surface area contributed by atoms with Crippen LogP contribution < -0.4 is 0 Å². The fraction of sp³-hybridized carbons (Fsp3) is 0.750. The van der Waals surface area contributed by atoms with Crippen LogP contribution in [0.2, 0.25) is 0 Å². The number of furan rings is 1. The standard InChI is InChI=1S/C20H28O6/c1-17-6-3-7-18(2)15(17)14(26-16(17)22)10-19(23,12-21)20(18,24)8-4-13-5-9-25-11-13/h5,9,11,14-15,21,23-24H,3-4,6-8,10,12H2,1-2H3/t14-,15+,17+,18+,19-,20+/m1/s1. The minimum Gasteiger partial charge on any atom is -0.472 e. The molecule has 0 bridgehead atoms. The zero-order valence-corrected chi connectivity index (χ0v) is 15.4. The molecule has 0 unspecified atom stereocenters. The van der Waals surface area contributed by atoms with Gasteiger partial charge in [0.15, 0.2) is 0 Å². The molecule has 1 aliphatic heterocycles. The number of esters is 1. The normalized spacial score (nSPS) is 47.5. The zero-order chi connectivity index (χ0) is 18.8. The monoisotopic (exact) mass is 364 g/mol. The van der Waals surface area contributed by atoms with Gasteiger partial charge in [-0.25, -0.2) is 0 Å². The van der Waals surface area contributed by atoms with E-state index >= 15 is 0 Å². The van der Waals surface area contributed by atoms with Gasteiger partial charge in [0.25, 0.3) is 0 Å². The van der Waals surface area contributed by atoms with Crippen molar-refractivity contribution in [1.82, 2.24) is 0 Å². The molecule has 4 rings (SSSR count). The average Bonchev–Trinajstić information content (AvgIpc) is 3.19. The van der Waals surface area contributed by atoms with Crippen molar-refractivity contribution in [3.8, 4) is 0 Å². The minimum absolute atomic E-state index is 0.0625. The molecular formula is C20H28O6. The molecule has 1 saturated heterocycles. The van der Waals surface area contributed by atoms with E-state index in [-0.39, 0.29) is 24.7 Å². The fourth-order valence-electron chi connectivity index (χ4n) is 6.36. The number of aryl methyl sites for hydroxylation is 1. The SMILES string of the molecule is C[C@@]12CCC[C@]3(C)C(=O)O[C@H](C[C@@](O)(CO)[C@]1(O)CCc1ccoc1)[C@H]23. The second-order valence-electron chi connectivity index (χ2n) is 9.00. The van der Waals surface area contributed by atoms with E-state index in [0.29, 0.717) is 12.8 Å². The largest absolute Gasteiger partial charge is 0.472 e. The van der Waals surface area contributed by atoms with Crippen LogP contribution in [0.3, 0.4) is 0 Å². The summed E-state index contributed by atoms with van der Waals surface area (Å²) in [5.41, 5.74) is -3.67. The van der Waals surface area contributed by atoms with Gasteiger partial charge < -0.3 is 24.5 Å². The molecule has 6 nitrogen and oxygen atoms in total. The highest BCUT2D eigenvalue weighted by Crippen LogP contribution is 2.67. The number of carbonyl (C=O) groups is 1. The summed E-state index contributed by atoms with van der Waals surface area (Å²) in [6.45, 7) is 3.32. The van der Waals surface area contributed by atoms with Crippen LogP contribution in [0.25, 0.3) is 0 Å². The Morgan fingerprint density at radius 3 is 2.69 bits per heavy atom. The molecule has 1 aromatic rings. The Labute approximate surface area is 153 Å². The lowest BCUT2D eigenvalue weighted by atomic mass is 9.42. The molecule has 6 heteroatoms. The van der Waals surface area contributed by atoms with Crippen LogP contribution in [0.4, 0.5) is 0 Å². The van der Waals surface area contributed by atoms with Gasteiger partial charge in [0.05, 0.1) is 24.5 Å². The van der Waals surface area contributed by atoms with Gasteiger partial charge in [-0.3, -0.25) is 4.79 Å². The number of hydrogen-bond donors (Lipinski definition) is 3. The first-order valence-corrected chi connectivity index (χ1v) is 9.48. The summed E-state index contributed by atoms with van der Waals surface area (Å²) in [5, 5.41) is 33.2. The maximum Gasteiger partial charge on any atom is 0.312 e. The van der Waals surface area contributed by atoms with E-state index in [1.54, 1.807) is 12.5 Å². The molecule has 3 N–H and O–H groups in total. The number of aliphatic hydroxyl groups excluding tert-OH is 1. The van der Waals surface area contributed by atoms with Gasteiger partial charge in [0.1, 0.15) is 17.3 Å². The number of rotatable bonds is 4. The van der Waals surface area contributed by atoms with Crippen molar-refractivity contribution in [3.63, 3.8) is 0 Å². The summed E-state index contributed by atoms with van der Waals surface area (Å²) in [5.74, 6) is -0.407. The summed E-state index contributed by atoms with van der Waals surface area (Å²) in [6.07, 6.45) is 5.81. The van der Waals surface area contributed by atoms with Gasteiger partial charge in [-0.2, -0.15) is 0 Å². The maximum absolute atomic E-state index is 12.6. The van der Waals surface area contributed by atoms with Crippen molar-refractivity contribution in [2.75, 3.05) is 6.61 Å². The number of aliphatic hydroxyl groups is 3. The molecule has 0 amide bonds. The average molecular weight is 364 g/mol. The van der Waals surface area contributed by atoms with Crippen molar-refractivity contribution >= 4 is 5.97 Å². The minimum atomic E-state index is -1.71. The lowest BCUT2D eigenvalue weighted by Crippen LogP contribution is -2.74. The first kappa shape index (κ1) is 18.0. The van der Waals surface area contributed by atoms with Crippen LogP contribution >= 0.6 is 0 Å². The van der Waals surface area contributed by atoms with Gasteiger partial charge >= 0.3 is 5.97 Å². The zero-order valence-electron chi connectivity index (χ0n) is 15.4. The van der Waals surface area contributed by atoms with Gasteiger partial charge in [-0.1, -0.05) is 13.3 Å². The molecule has 26 heavy (non-hydrogen) atoms. The van der Waals surface area contributed by atoms with Gasteiger partial charge in [0, 0.05) is 17.8 Å². The molecule has 2 saturated carbocycles. The first-order valence-electron chi connectivity index (χ1n) is 9.48. The molecule has 144 valence electrons. The summed E-state index contributed by atoms with van der Waals surface area (Å²) >= 11 is 0. The summed E-state index contributed by atoms with van der Waals surface area (Å²) in [6, 6.07) is 1.84. The van der Waals surface area contributed by atoms with E-state index in [4.69, 9.17) is 9.15 Å². The molecule has 0 aromatic carbocycles. The van der Waals surface area contributed by atoms with Gasteiger partial charge in [-0.05, 0) is 44.2 Å². The predicted molar refractivity (Wildman–Crippen MR) is 92.1 cm³/mol.